The number of morpholine rings is 1. The average Bonchev–Trinajstić information content (AvgIpc) is 2.75. The smallest absolute Gasteiger partial charge is 0.265 e. The maximum atomic E-state index is 12.5. The van der Waals surface area contributed by atoms with Gasteiger partial charge in [0.15, 0.2) is 17.6 Å². The fourth-order valence-electron chi connectivity index (χ4n) is 2.90. The molecule has 1 aliphatic heterocycles. The van der Waals surface area contributed by atoms with Gasteiger partial charge in [-0.05, 0) is 43.3 Å². The summed E-state index contributed by atoms with van der Waals surface area (Å²) in [4.78, 5) is 14.7. The van der Waals surface area contributed by atoms with Gasteiger partial charge in [0.25, 0.3) is 5.91 Å². The summed E-state index contributed by atoms with van der Waals surface area (Å²) in [6, 6.07) is 14.6. The van der Waals surface area contributed by atoms with Crippen molar-refractivity contribution in [1.82, 2.24) is 0 Å². The van der Waals surface area contributed by atoms with E-state index in [0.717, 1.165) is 32.0 Å². The van der Waals surface area contributed by atoms with Crippen LogP contribution in [0.4, 0.5) is 11.4 Å². The molecule has 0 aromatic heterocycles. The molecular weight excluding hydrogens is 358 g/mol. The Labute approximate surface area is 164 Å². The molecule has 1 heterocycles. The lowest BCUT2D eigenvalue weighted by molar-refractivity contribution is -0.122. The molecule has 0 aliphatic carbocycles. The zero-order valence-electron chi connectivity index (χ0n) is 16.0. The highest BCUT2D eigenvalue weighted by Crippen LogP contribution is 2.29. The molecule has 2 aromatic rings. The molecule has 2 aromatic carbocycles. The van der Waals surface area contributed by atoms with Crippen LogP contribution in [0.1, 0.15) is 12.5 Å². The number of nitriles is 1. The zero-order valence-corrected chi connectivity index (χ0v) is 16.0. The molecule has 7 heteroatoms. The Bertz CT molecular complexity index is 855. The summed E-state index contributed by atoms with van der Waals surface area (Å²) >= 11 is 0. The third-order valence-corrected chi connectivity index (χ3v) is 4.48. The quantitative estimate of drug-likeness (QED) is 0.828. The summed E-state index contributed by atoms with van der Waals surface area (Å²) in [6.07, 6.45) is -0.735. The van der Waals surface area contributed by atoms with Crippen LogP contribution in [0.5, 0.6) is 11.5 Å². The van der Waals surface area contributed by atoms with Crippen molar-refractivity contribution in [1.29, 1.82) is 5.26 Å². The Morgan fingerprint density at radius 1 is 1.18 bits per heavy atom. The van der Waals surface area contributed by atoms with Gasteiger partial charge in [-0.15, -0.1) is 0 Å². The van der Waals surface area contributed by atoms with E-state index in [4.69, 9.17) is 19.5 Å². The summed E-state index contributed by atoms with van der Waals surface area (Å²) in [5.41, 5.74) is 2.26. The van der Waals surface area contributed by atoms with Crippen LogP contribution in [-0.2, 0) is 9.53 Å². The summed E-state index contributed by atoms with van der Waals surface area (Å²) in [7, 11) is 1.49. The van der Waals surface area contributed by atoms with Gasteiger partial charge in [-0.3, -0.25) is 4.79 Å². The Kier molecular flexibility index (Phi) is 6.35. The number of nitrogens with one attached hydrogen (secondary N) is 1. The van der Waals surface area contributed by atoms with Crippen molar-refractivity contribution in [3.05, 3.63) is 48.0 Å². The van der Waals surface area contributed by atoms with E-state index in [0.29, 0.717) is 22.7 Å². The normalized spacial score (nSPS) is 14.7. The molecular formula is C21H23N3O4. The van der Waals surface area contributed by atoms with Gasteiger partial charge in [-0.1, -0.05) is 0 Å². The monoisotopic (exact) mass is 381 g/mol. The van der Waals surface area contributed by atoms with Crippen molar-refractivity contribution < 1.29 is 19.0 Å². The number of rotatable bonds is 6. The highest BCUT2D eigenvalue weighted by atomic mass is 16.5. The number of benzene rings is 2. The van der Waals surface area contributed by atoms with Gasteiger partial charge in [0.2, 0.25) is 0 Å². The number of ether oxygens (including phenoxy) is 3. The number of methoxy groups -OCH3 is 1. The Morgan fingerprint density at radius 2 is 1.89 bits per heavy atom. The number of hydrogen-bond donors (Lipinski definition) is 1. The van der Waals surface area contributed by atoms with Crippen molar-refractivity contribution >= 4 is 17.3 Å². The molecule has 146 valence electrons. The third kappa shape index (κ3) is 4.72. The minimum Gasteiger partial charge on any atom is -0.493 e. The minimum absolute atomic E-state index is 0.273. The van der Waals surface area contributed by atoms with E-state index in [-0.39, 0.29) is 5.91 Å². The van der Waals surface area contributed by atoms with E-state index in [1.807, 2.05) is 30.3 Å². The number of hydrogen-bond acceptors (Lipinski definition) is 6. The van der Waals surface area contributed by atoms with Crippen LogP contribution in [0.2, 0.25) is 0 Å². The number of nitrogens with zero attached hydrogens (tertiary/aromatic N) is 2. The summed E-state index contributed by atoms with van der Waals surface area (Å²) in [5, 5.41) is 11.8. The van der Waals surface area contributed by atoms with Crippen LogP contribution in [0.25, 0.3) is 0 Å². The standard InChI is InChI=1S/C21H23N3O4/c1-15(28-19-8-3-16(14-22)13-20(19)26-2)21(25)23-17-4-6-18(7-5-17)24-9-11-27-12-10-24/h3-8,13,15H,9-12H2,1-2H3,(H,23,25)/t15-/m0/s1. The molecule has 28 heavy (non-hydrogen) atoms. The fourth-order valence-corrected chi connectivity index (χ4v) is 2.90. The van der Waals surface area contributed by atoms with Gasteiger partial charge in [-0.2, -0.15) is 5.26 Å². The minimum atomic E-state index is -0.735. The highest BCUT2D eigenvalue weighted by Gasteiger charge is 2.18. The second kappa shape index (κ2) is 9.11. The van der Waals surface area contributed by atoms with Crippen molar-refractivity contribution in [3.8, 4) is 17.6 Å². The maximum absolute atomic E-state index is 12.5. The molecule has 7 nitrogen and oxygen atoms in total. The largest absolute Gasteiger partial charge is 0.493 e. The molecule has 1 aliphatic rings. The van der Waals surface area contributed by atoms with Crippen LogP contribution < -0.4 is 19.7 Å². The van der Waals surface area contributed by atoms with Gasteiger partial charge in [0.1, 0.15) is 0 Å². The summed E-state index contributed by atoms with van der Waals surface area (Å²) in [5.74, 6) is 0.547. The molecule has 3 rings (SSSR count). The van der Waals surface area contributed by atoms with Crippen molar-refractivity contribution in [2.75, 3.05) is 43.6 Å². The lowest BCUT2D eigenvalue weighted by Crippen LogP contribution is -2.36. The zero-order chi connectivity index (χ0) is 19.9. The fraction of sp³-hybridized carbons (Fsp3) is 0.333. The van der Waals surface area contributed by atoms with Gasteiger partial charge in [0.05, 0.1) is 32.0 Å². The Balaban J connectivity index is 1.60. The van der Waals surface area contributed by atoms with E-state index < -0.39 is 6.10 Å². The van der Waals surface area contributed by atoms with Crippen molar-refractivity contribution in [2.45, 2.75) is 13.0 Å². The first-order valence-electron chi connectivity index (χ1n) is 9.09. The Morgan fingerprint density at radius 3 is 2.54 bits per heavy atom. The molecule has 1 amide bonds. The second-order valence-electron chi connectivity index (χ2n) is 6.37. The van der Waals surface area contributed by atoms with Crippen LogP contribution in [0, 0.1) is 11.3 Å². The molecule has 1 N–H and O–H groups in total. The molecule has 1 saturated heterocycles. The third-order valence-electron chi connectivity index (χ3n) is 4.48. The van der Waals surface area contributed by atoms with E-state index in [1.54, 1.807) is 25.1 Å². The summed E-state index contributed by atoms with van der Waals surface area (Å²) < 4.78 is 16.3. The SMILES string of the molecule is COc1cc(C#N)ccc1O[C@@H](C)C(=O)Nc1ccc(N2CCOCC2)cc1. The van der Waals surface area contributed by atoms with Gasteiger partial charge in [0, 0.05) is 30.5 Å². The number of amides is 1. The van der Waals surface area contributed by atoms with Gasteiger partial charge < -0.3 is 24.4 Å². The molecule has 0 radical (unpaired) electrons. The predicted octanol–water partition coefficient (Wildman–Crippen LogP) is 2.81. The van der Waals surface area contributed by atoms with E-state index >= 15 is 0 Å². The number of carbonyl (C=O) groups excluding carboxylic acids is 1. The first kappa shape index (κ1) is 19.5. The number of anilines is 2. The molecule has 1 atom stereocenters. The van der Waals surface area contributed by atoms with Crippen LogP contribution in [0.3, 0.4) is 0 Å². The van der Waals surface area contributed by atoms with Crippen LogP contribution >= 0.6 is 0 Å². The molecule has 0 unspecified atom stereocenters. The maximum Gasteiger partial charge on any atom is 0.265 e. The van der Waals surface area contributed by atoms with Gasteiger partial charge >= 0.3 is 0 Å². The lowest BCUT2D eigenvalue weighted by atomic mass is 10.2. The van der Waals surface area contributed by atoms with E-state index in [2.05, 4.69) is 10.2 Å². The van der Waals surface area contributed by atoms with Crippen LogP contribution in [0.15, 0.2) is 42.5 Å². The van der Waals surface area contributed by atoms with E-state index in [9.17, 15) is 4.79 Å². The first-order valence-corrected chi connectivity index (χ1v) is 9.09. The van der Waals surface area contributed by atoms with Crippen molar-refractivity contribution in [3.63, 3.8) is 0 Å². The molecule has 0 saturated carbocycles. The van der Waals surface area contributed by atoms with E-state index in [1.165, 1.54) is 7.11 Å². The first-order chi connectivity index (χ1) is 13.6. The molecule has 1 fully saturated rings. The lowest BCUT2D eigenvalue weighted by Gasteiger charge is -2.29. The highest BCUT2D eigenvalue weighted by molar-refractivity contribution is 5.94. The second-order valence-corrected chi connectivity index (χ2v) is 6.37. The molecule has 0 bridgehead atoms. The molecule has 0 spiro atoms. The summed E-state index contributed by atoms with van der Waals surface area (Å²) in [6.45, 7) is 4.85. The number of carbonyl (C=O) groups is 1. The van der Waals surface area contributed by atoms with Crippen LogP contribution in [-0.4, -0.2) is 45.4 Å². The average molecular weight is 381 g/mol. The van der Waals surface area contributed by atoms with Gasteiger partial charge in [-0.25, -0.2) is 0 Å². The Hall–Kier alpha value is -3.24. The topological polar surface area (TPSA) is 83.8 Å². The predicted molar refractivity (Wildman–Crippen MR) is 106 cm³/mol. The van der Waals surface area contributed by atoms with Crippen molar-refractivity contribution in [2.24, 2.45) is 0 Å².